The molecule has 0 spiro atoms. The zero-order valence-corrected chi connectivity index (χ0v) is 13.6. The minimum absolute atomic E-state index is 0.0581. The first-order valence-electron chi connectivity index (χ1n) is 8.34. The molecule has 4 nitrogen and oxygen atoms in total. The molecule has 0 aromatic heterocycles. The molecule has 1 saturated carbocycles. The van der Waals surface area contributed by atoms with Gasteiger partial charge in [0.25, 0.3) is 0 Å². The molecule has 1 heterocycles. The van der Waals surface area contributed by atoms with Crippen LogP contribution in [0.3, 0.4) is 0 Å². The molecule has 2 aliphatic rings. The molecule has 3 rings (SSSR count). The van der Waals surface area contributed by atoms with Crippen molar-refractivity contribution in [3.05, 3.63) is 35.6 Å². The summed E-state index contributed by atoms with van der Waals surface area (Å²) in [5.74, 6) is -0.136. The predicted molar refractivity (Wildman–Crippen MR) is 85.4 cm³/mol. The number of carbonyl (C=O) groups excluding carboxylic acids is 2. The summed E-state index contributed by atoms with van der Waals surface area (Å²) >= 11 is 0. The van der Waals surface area contributed by atoms with Crippen LogP contribution in [-0.4, -0.2) is 47.8 Å². The summed E-state index contributed by atoms with van der Waals surface area (Å²) in [5, 5.41) is 0. The molecule has 0 unspecified atom stereocenters. The first-order chi connectivity index (χ1) is 11.0. The van der Waals surface area contributed by atoms with E-state index >= 15 is 0 Å². The van der Waals surface area contributed by atoms with E-state index in [-0.39, 0.29) is 17.6 Å². The van der Waals surface area contributed by atoms with Gasteiger partial charge in [0.1, 0.15) is 5.82 Å². The van der Waals surface area contributed by atoms with Gasteiger partial charge in [-0.3, -0.25) is 9.59 Å². The Bertz CT molecular complexity index is 613. The lowest BCUT2D eigenvalue weighted by Gasteiger charge is -2.44. The summed E-state index contributed by atoms with van der Waals surface area (Å²) in [4.78, 5) is 28.3. The maximum absolute atomic E-state index is 13.6. The smallest absolute Gasteiger partial charge is 0.233 e. The topological polar surface area (TPSA) is 40.6 Å². The second-order valence-corrected chi connectivity index (χ2v) is 6.60. The fourth-order valence-corrected chi connectivity index (χ4v) is 3.68. The molecule has 5 heteroatoms. The van der Waals surface area contributed by atoms with E-state index < -0.39 is 5.41 Å². The summed E-state index contributed by atoms with van der Waals surface area (Å²) < 4.78 is 13.6. The molecule has 2 fully saturated rings. The molecule has 0 N–H and O–H groups in total. The van der Waals surface area contributed by atoms with Gasteiger partial charge in [0, 0.05) is 33.1 Å². The highest BCUT2D eigenvalue weighted by Gasteiger charge is 2.47. The van der Waals surface area contributed by atoms with Crippen LogP contribution in [-0.2, 0) is 15.0 Å². The average molecular weight is 318 g/mol. The summed E-state index contributed by atoms with van der Waals surface area (Å²) in [5.41, 5.74) is 0.231. The van der Waals surface area contributed by atoms with Crippen molar-refractivity contribution in [3.8, 4) is 0 Å². The van der Waals surface area contributed by atoms with E-state index in [2.05, 4.69) is 0 Å². The SMILES string of the molecule is CC(=O)N1CCCN(C(=O)C2(c3cccc(F)c3)CCC2)CC1. The Hall–Kier alpha value is -1.91. The largest absolute Gasteiger partial charge is 0.341 e. The quantitative estimate of drug-likeness (QED) is 0.840. The lowest BCUT2D eigenvalue weighted by molar-refractivity contribution is -0.141. The van der Waals surface area contributed by atoms with E-state index in [4.69, 9.17) is 0 Å². The molecular formula is C18H23FN2O2. The molecule has 0 atom stereocenters. The van der Waals surface area contributed by atoms with Crippen molar-refractivity contribution in [2.75, 3.05) is 26.2 Å². The molecule has 1 aromatic rings. The van der Waals surface area contributed by atoms with Crippen LogP contribution < -0.4 is 0 Å². The van der Waals surface area contributed by atoms with Crippen LogP contribution in [0.1, 0.15) is 38.2 Å². The van der Waals surface area contributed by atoms with Gasteiger partial charge in [-0.1, -0.05) is 18.6 Å². The first-order valence-corrected chi connectivity index (χ1v) is 8.34. The summed E-state index contributed by atoms with van der Waals surface area (Å²) in [6.45, 7) is 4.08. The van der Waals surface area contributed by atoms with Gasteiger partial charge in [0.05, 0.1) is 5.41 Å². The Morgan fingerprint density at radius 3 is 2.35 bits per heavy atom. The van der Waals surface area contributed by atoms with Crippen molar-refractivity contribution >= 4 is 11.8 Å². The van der Waals surface area contributed by atoms with Gasteiger partial charge in [0.2, 0.25) is 11.8 Å². The second kappa shape index (κ2) is 6.30. The summed E-state index contributed by atoms with van der Waals surface area (Å²) in [6.07, 6.45) is 3.35. The molecule has 23 heavy (non-hydrogen) atoms. The number of amides is 2. The third kappa shape index (κ3) is 2.96. The second-order valence-electron chi connectivity index (χ2n) is 6.60. The Labute approximate surface area is 136 Å². The normalized spacial score (nSPS) is 20.6. The Kier molecular flexibility index (Phi) is 4.37. The molecule has 2 amide bonds. The third-order valence-corrected chi connectivity index (χ3v) is 5.22. The van der Waals surface area contributed by atoms with Gasteiger partial charge in [-0.15, -0.1) is 0 Å². The van der Waals surface area contributed by atoms with E-state index in [0.717, 1.165) is 31.2 Å². The Morgan fingerprint density at radius 1 is 1.04 bits per heavy atom. The van der Waals surface area contributed by atoms with Crippen LogP contribution >= 0.6 is 0 Å². The minimum Gasteiger partial charge on any atom is -0.341 e. The molecule has 1 aliphatic carbocycles. The van der Waals surface area contributed by atoms with E-state index in [1.165, 1.54) is 12.1 Å². The molecule has 1 aromatic carbocycles. The standard InChI is InChI=1S/C18H23FN2O2/c1-14(22)20-9-4-10-21(12-11-20)17(23)18(7-3-8-18)15-5-2-6-16(19)13-15/h2,5-6,13H,3-4,7-12H2,1H3. The van der Waals surface area contributed by atoms with Gasteiger partial charge in [-0.2, -0.15) is 0 Å². The van der Waals surface area contributed by atoms with Crippen LogP contribution in [0.2, 0.25) is 0 Å². The number of nitrogens with zero attached hydrogens (tertiary/aromatic N) is 2. The molecule has 0 radical (unpaired) electrons. The van der Waals surface area contributed by atoms with Crippen LogP contribution in [0.25, 0.3) is 0 Å². The van der Waals surface area contributed by atoms with Crippen LogP contribution in [0, 0.1) is 5.82 Å². The van der Waals surface area contributed by atoms with E-state index in [1.807, 2.05) is 11.0 Å². The van der Waals surface area contributed by atoms with Gasteiger partial charge >= 0.3 is 0 Å². The number of hydrogen-bond donors (Lipinski definition) is 0. The summed E-state index contributed by atoms with van der Waals surface area (Å²) in [7, 11) is 0. The molecular weight excluding hydrogens is 295 g/mol. The zero-order chi connectivity index (χ0) is 16.4. The van der Waals surface area contributed by atoms with Gasteiger partial charge in [-0.25, -0.2) is 4.39 Å². The predicted octanol–water partition coefficient (Wildman–Crippen LogP) is 2.33. The lowest BCUT2D eigenvalue weighted by Crippen LogP contribution is -2.52. The number of rotatable bonds is 2. The fourth-order valence-electron chi connectivity index (χ4n) is 3.68. The molecule has 0 bridgehead atoms. The lowest BCUT2D eigenvalue weighted by atomic mass is 9.63. The highest BCUT2D eigenvalue weighted by Crippen LogP contribution is 2.45. The van der Waals surface area contributed by atoms with Gasteiger partial charge in [-0.05, 0) is 37.0 Å². The molecule has 1 saturated heterocycles. The Balaban J connectivity index is 1.79. The average Bonchev–Trinajstić information content (AvgIpc) is 2.72. The molecule has 1 aliphatic heterocycles. The number of halogens is 1. The maximum atomic E-state index is 13.6. The van der Waals surface area contributed by atoms with Crippen molar-refractivity contribution in [1.82, 2.24) is 9.80 Å². The van der Waals surface area contributed by atoms with Crippen molar-refractivity contribution in [2.45, 2.75) is 38.0 Å². The Morgan fingerprint density at radius 2 is 1.74 bits per heavy atom. The highest BCUT2D eigenvalue weighted by atomic mass is 19.1. The van der Waals surface area contributed by atoms with Gasteiger partial charge in [0.15, 0.2) is 0 Å². The van der Waals surface area contributed by atoms with Crippen LogP contribution in [0.4, 0.5) is 4.39 Å². The maximum Gasteiger partial charge on any atom is 0.233 e. The van der Waals surface area contributed by atoms with Crippen LogP contribution in [0.5, 0.6) is 0 Å². The number of carbonyl (C=O) groups is 2. The van der Waals surface area contributed by atoms with E-state index in [1.54, 1.807) is 17.9 Å². The van der Waals surface area contributed by atoms with Crippen molar-refractivity contribution in [1.29, 1.82) is 0 Å². The van der Waals surface area contributed by atoms with Crippen LogP contribution in [0.15, 0.2) is 24.3 Å². The number of benzene rings is 1. The third-order valence-electron chi connectivity index (χ3n) is 5.22. The highest BCUT2D eigenvalue weighted by molar-refractivity contribution is 5.89. The van der Waals surface area contributed by atoms with E-state index in [9.17, 15) is 14.0 Å². The van der Waals surface area contributed by atoms with Crippen molar-refractivity contribution in [2.24, 2.45) is 0 Å². The fraction of sp³-hybridized carbons (Fsp3) is 0.556. The minimum atomic E-state index is -0.562. The number of hydrogen-bond acceptors (Lipinski definition) is 2. The van der Waals surface area contributed by atoms with Crippen molar-refractivity contribution in [3.63, 3.8) is 0 Å². The van der Waals surface area contributed by atoms with Crippen molar-refractivity contribution < 1.29 is 14.0 Å². The van der Waals surface area contributed by atoms with E-state index in [0.29, 0.717) is 26.2 Å². The summed E-state index contributed by atoms with van der Waals surface area (Å²) in [6, 6.07) is 6.45. The molecule has 124 valence electrons. The van der Waals surface area contributed by atoms with Gasteiger partial charge < -0.3 is 9.80 Å². The first kappa shape index (κ1) is 16.0. The monoisotopic (exact) mass is 318 g/mol. The zero-order valence-electron chi connectivity index (χ0n) is 13.6.